The Hall–Kier alpha value is -1.36. The lowest BCUT2D eigenvalue weighted by Crippen LogP contribution is -2.15. The molecule has 13 heavy (non-hydrogen) atoms. The fourth-order valence-corrected chi connectivity index (χ4v) is 1.18. The van der Waals surface area contributed by atoms with Crippen molar-refractivity contribution < 1.29 is 9.90 Å². The van der Waals surface area contributed by atoms with E-state index in [1.807, 2.05) is 6.92 Å². The number of aromatic nitrogens is 2. The Morgan fingerprint density at radius 3 is 2.85 bits per heavy atom. The molecule has 1 aromatic rings. The summed E-state index contributed by atoms with van der Waals surface area (Å²) in [6, 6.07) is -0.466. The van der Waals surface area contributed by atoms with Gasteiger partial charge >= 0.3 is 5.97 Å². The minimum absolute atomic E-state index is 0.0630. The third-order valence-electron chi connectivity index (χ3n) is 2.07. The van der Waals surface area contributed by atoms with Crippen molar-refractivity contribution in [1.82, 2.24) is 9.78 Å². The molecule has 1 aromatic heterocycles. The SMILES string of the molecule is Cc1c(C(N)CC(=O)O)cnn1C. The summed E-state index contributed by atoms with van der Waals surface area (Å²) >= 11 is 0. The van der Waals surface area contributed by atoms with Gasteiger partial charge in [-0.25, -0.2) is 0 Å². The predicted octanol–water partition coefficient (Wildman–Crippen LogP) is 0.203. The van der Waals surface area contributed by atoms with Crippen molar-refractivity contribution in [2.24, 2.45) is 12.8 Å². The molecule has 0 radical (unpaired) electrons. The van der Waals surface area contributed by atoms with Gasteiger partial charge < -0.3 is 10.8 Å². The van der Waals surface area contributed by atoms with Crippen molar-refractivity contribution in [3.05, 3.63) is 17.5 Å². The first kappa shape index (κ1) is 9.73. The molecule has 1 heterocycles. The smallest absolute Gasteiger partial charge is 0.305 e. The number of hydrogen-bond acceptors (Lipinski definition) is 3. The van der Waals surface area contributed by atoms with E-state index in [0.717, 1.165) is 11.3 Å². The van der Waals surface area contributed by atoms with Crippen LogP contribution < -0.4 is 5.73 Å². The Morgan fingerprint density at radius 1 is 1.85 bits per heavy atom. The maximum atomic E-state index is 10.4. The van der Waals surface area contributed by atoms with Crippen molar-refractivity contribution in [2.75, 3.05) is 0 Å². The molecule has 0 saturated heterocycles. The Kier molecular flexibility index (Phi) is 2.67. The van der Waals surface area contributed by atoms with Crippen LogP contribution in [0.15, 0.2) is 6.20 Å². The molecule has 3 N–H and O–H groups in total. The number of carbonyl (C=O) groups is 1. The average molecular weight is 183 g/mol. The van der Waals surface area contributed by atoms with Crippen molar-refractivity contribution in [2.45, 2.75) is 19.4 Å². The zero-order valence-electron chi connectivity index (χ0n) is 7.69. The van der Waals surface area contributed by atoms with Gasteiger partial charge in [-0.1, -0.05) is 0 Å². The van der Waals surface area contributed by atoms with Crippen LogP contribution in [0.3, 0.4) is 0 Å². The van der Waals surface area contributed by atoms with Crippen molar-refractivity contribution in [3.63, 3.8) is 0 Å². The monoisotopic (exact) mass is 183 g/mol. The minimum Gasteiger partial charge on any atom is -0.481 e. The molecule has 0 amide bonds. The Bertz CT molecular complexity index is 319. The fraction of sp³-hybridized carbons (Fsp3) is 0.500. The third kappa shape index (κ3) is 2.06. The summed E-state index contributed by atoms with van der Waals surface area (Å²) in [5.74, 6) is -0.893. The molecule has 0 aliphatic rings. The van der Waals surface area contributed by atoms with E-state index in [0.29, 0.717) is 0 Å². The lowest BCUT2D eigenvalue weighted by Gasteiger charge is -2.07. The number of carboxylic acid groups (broad SMARTS) is 1. The predicted molar refractivity (Wildman–Crippen MR) is 47.1 cm³/mol. The van der Waals surface area contributed by atoms with Crippen LogP contribution >= 0.6 is 0 Å². The van der Waals surface area contributed by atoms with Crippen LogP contribution in [0.2, 0.25) is 0 Å². The minimum atomic E-state index is -0.893. The van der Waals surface area contributed by atoms with E-state index >= 15 is 0 Å². The highest BCUT2D eigenvalue weighted by atomic mass is 16.4. The largest absolute Gasteiger partial charge is 0.481 e. The summed E-state index contributed by atoms with van der Waals surface area (Å²) in [6.45, 7) is 1.87. The van der Waals surface area contributed by atoms with Crippen molar-refractivity contribution in [1.29, 1.82) is 0 Å². The molecule has 5 heteroatoms. The van der Waals surface area contributed by atoms with Crippen molar-refractivity contribution >= 4 is 5.97 Å². The second kappa shape index (κ2) is 3.57. The van der Waals surface area contributed by atoms with Gasteiger partial charge in [0.1, 0.15) is 0 Å². The highest BCUT2D eigenvalue weighted by Crippen LogP contribution is 2.16. The van der Waals surface area contributed by atoms with Gasteiger partial charge in [-0.05, 0) is 6.92 Å². The standard InChI is InChI=1S/C8H13N3O2/c1-5-6(4-10-11(5)2)7(9)3-8(12)13/h4,7H,3,9H2,1-2H3,(H,12,13). The Balaban J connectivity index is 2.82. The first-order chi connectivity index (χ1) is 6.02. The van der Waals surface area contributed by atoms with Gasteiger partial charge in [-0.2, -0.15) is 5.10 Å². The number of carboxylic acids is 1. The van der Waals surface area contributed by atoms with Gasteiger partial charge in [-0.3, -0.25) is 9.48 Å². The first-order valence-electron chi connectivity index (χ1n) is 3.98. The van der Waals surface area contributed by atoms with Gasteiger partial charge in [0.25, 0.3) is 0 Å². The van der Waals surface area contributed by atoms with E-state index in [1.54, 1.807) is 17.9 Å². The van der Waals surface area contributed by atoms with Gasteiger partial charge in [0.05, 0.1) is 12.6 Å². The average Bonchev–Trinajstić information content (AvgIpc) is 2.31. The highest BCUT2D eigenvalue weighted by molar-refractivity contribution is 5.67. The summed E-state index contributed by atoms with van der Waals surface area (Å²) in [7, 11) is 1.80. The number of hydrogen-bond donors (Lipinski definition) is 2. The number of aryl methyl sites for hydroxylation is 1. The third-order valence-corrected chi connectivity index (χ3v) is 2.07. The number of aliphatic carboxylic acids is 1. The molecule has 0 spiro atoms. The Labute approximate surface area is 76.2 Å². The molecule has 1 unspecified atom stereocenters. The number of nitrogens with two attached hydrogens (primary N) is 1. The molecular weight excluding hydrogens is 170 g/mol. The second-order valence-corrected chi connectivity index (χ2v) is 3.01. The molecule has 0 bridgehead atoms. The quantitative estimate of drug-likeness (QED) is 0.701. The van der Waals surface area contributed by atoms with E-state index in [-0.39, 0.29) is 6.42 Å². The summed E-state index contributed by atoms with van der Waals surface area (Å²) in [4.78, 5) is 10.4. The van der Waals surface area contributed by atoms with Gasteiger partial charge in [-0.15, -0.1) is 0 Å². The lowest BCUT2D eigenvalue weighted by molar-refractivity contribution is -0.137. The molecule has 72 valence electrons. The van der Waals surface area contributed by atoms with Crippen LogP contribution in [-0.2, 0) is 11.8 Å². The molecule has 0 aliphatic carbocycles. The van der Waals surface area contributed by atoms with E-state index < -0.39 is 12.0 Å². The zero-order valence-corrected chi connectivity index (χ0v) is 7.69. The van der Waals surface area contributed by atoms with Crippen LogP contribution in [0.1, 0.15) is 23.7 Å². The molecule has 5 nitrogen and oxygen atoms in total. The fourth-order valence-electron chi connectivity index (χ4n) is 1.18. The first-order valence-corrected chi connectivity index (χ1v) is 3.98. The van der Waals surface area contributed by atoms with Gasteiger partial charge in [0.2, 0.25) is 0 Å². The molecule has 1 rings (SSSR count). The topological polar surface area (TPSA) is 81.1 Å². The van der Waals surface area contributed by atoms with Gasteiger partial charge in [0.15, 0.2) is 0 Å². The van der Waals surface area contributed by atoms with Crippen molar-refractivity contribution in [3.8, 4) is 0 Å². The van der Waals surface area contributed by atoms with Crippen LogP contribution in [0, 0.1) is 6.92 Å². The summed E-state index contributed by atoms with van der Waals surface area (Å²) in [5.41, 5.74) is 7.38. The van der Waals surface area contributed by atoms with Crippen LogP contribution in [0.25, 0.3) is 0 Å². The number of rotatable bonds is 3. The normalized spacial score (nSPS) is 12.8. The highest BCUT2D eigenvalue weighted by Gasteiger charge is 2.15. The summed E-state index contributed by atoms with van der Waals surface area (Å²) in [5, 5.41) is 12.5. The van der Waals surface area contributed by atoms with Crippen LogP contribution in [-0.4, -0.2) is 20.9 Å². The molecule has 1 atom stereocenters. The van der Waals surface area contributed by atoms with E-state index in [9.17, 15) is 4.79 Å². The summed E-state index contributed by atoms with van der Waals surface area (Å²) in [6.07, 6.45) is 1.55. The van der Waals surface area contributed by atoms with Gasteiger partial charge in [0, 0.05) is 24.3 Å². The van der Waals surface area contributed by atoms with E-state index in [1.165, 1.54) is 0 Å². The molecule has 0 fully saturated rings. The van der Waals surface area contributed by atoms with Crippen LogP contribution in [0.5, 0.6) is 0 Å². The second-order valence-electron chi connectivity index (χ2n) is 3.01. The molecule has 0 aliphatic heterocycles. The summed E-state index contributed by atoms with van der Waals surface area (Å²) < 4.78 is 1.68. The number of nitrogens with zero attached hydrogens (tertiary/aromatic N) is 2. The zero-order chi connectivity index (χ0) is 10.0. The molecule has 0 saturated carbocycles. The molecular formula is C8H13N3O2. The van der Waals surface area contributed by atoms with Crippen LogP contribution in [0.4, 0.5) is 0 Å². The maximum absolute atomic E-state index is 10.4. The van der Waals surface area contributed by atoms with E-state index in [2.05, 4.69) is 5.10 Å². The lowest BCUT2D eigenvalue weighted by atomic mass is 10.1. The molecule has 0 aromatic carbocycles. The van der Waals surface area contributed by atoms with E-state index in [4.69, 9.17) is 10.8 Å². The Morgan fingerprint density at radius 2 is 2.46 bits per heavy atom. The maximum Gasteiger partial charge on any atom is 0.305 e.